The number of amides is 1. The quantitative estimate of drug-likeness (QED) is 0.745. The van der Waals surface area contributed by atoms with Crippen LogP contribution in [-0.4, -0.2) is 41.5 Å². The Hall–Kier alpha value is -1.53. The Labute approximate surface area is 164 Å². The van der Waals surface area contributed by atoms with Crippen LogP contribution in [0.4, 0.5) is 4.79 Å². The van der Waals surface area contributed by atoms with Crippen molar-refractivity contribution in [1.82, 2.24) is 4.90 Å². The molecule has 0 spiro atoms. The van der Waals surface area contributed by atoms with Crippen LogP contribution in [0.3, 0.4) is 0 Å². The van der Waals surface area contributed by atoms with Crippen LogP contribution in [0, 0.1) is 6.92 Å². The van der Waals surface area contributed by atoms with Crippen molar-refractivity contribution in [2.45, 2.75) is 85.7 Å². The van der Waals surface area contributed by atoms with E-state index >= 15 is 0 Å². The summed E-state index contributed by atoms with van der Waals surface area (Å²) in [6.07, 6.45) is -0.314. The number of nitrogens with zero attached hydrogens (tertiary/aromatic N) is 1. The van der Waals surface area contributed by atoms with Gasteiger partial charge < -0.3 is 18.9 Å². The number of benzene rings is 1. The summed E-state index contributed by atoms with van der Waals surface area (Å²) in [6, 6.07) is 6.18. The lowest BCUT2D eigenvalue weighted by Crippen LogP contribution is -2.41. The second-order valence-electron chi connectivity index (χ2n) is 9.29. The average Bonchev–Trinajstić information content (AvgIpc) is 2.71. The molecule has 0 atom stereocenters. The Balaban J connectivity index is 2.30. The standard InChI is InChI=1S/C21H34BNO4/c1-10-23(18(24)25-19(3,4)5)14-16-13-15(2)11-12-17(16)22-26-20(6,7)21(8,9)27-22/h11-13H,10,14H2,1-9H3. The Morgan fingerprint density at radius 3 is 2.19 bits per heavy atom. The second-order valence-corrected chi connectivity index (χ2v) is 9.29. The van der Waals surface area contributed by atoms with Crippen molar-refractivity contribution in [3.63, 3.8) is 0 Å². The molecule has 2 rings (SSSR count). The van der Waals surface area contributed by atoms with Crippen molar-refractivity contribution < 1.29 is 18.8 Å². The summed E-state index contributed by atoms with van der Waals surface area (Å²) in [5.41, 5.74) is 1.77. The van der Waals surface area contributed by atoms with Gasteiger partial charge in [-0.3, -0.25) is 0 Å². The van der Waals surface area contributed by atoms with Gasteiger partial charge in [0.05, 0.1) is 11.2 Å². The molecular formula is C21H34BNO4. The monoisotopic (exact) mass is 375 g/mol. The molecule has 27 heavy (non-hydrogen) atoms. The van der Waals surface area contributed by atoms with Gasteiger partial charge in [-0.25, -0.2) is 4.79 Å². The fourth-order valence-electron chi connectivity index (χ4n) is 2.91. The Morgan fingerprint density at radius 1 is 1.15 bits per heavy atom. The Kier molecular flexibility index (Phi) is 6.03. The highest BCUT2D eigenvalue weighted by Gasteiger charge is 2.52. The molecule has 1 aromatic carbocycles. The number of aryl methyl sites for hydroxylation is 1. The van der Waals surface area contributed by atoms with Gasteiger partial charge in [-0.2, -0.15) is 0 Å². The van der Waals surface area contributed by atoms with E-state index in [0.717, 1.165) is 16.6 Å². The third-order valence-corrected chi connectivity index (χ3v) is 5.20. The maximum absolute atomic E-state index is 12.6. The van der Waals surface area contributed by atoms with Gasteiger partial charge in [0, 0.05) is 13.1 Å². The van der Waals surface area contributed by atoms with Crippen molar-refractivity contribution in [3.8, 4) is 0 Å². The lowest BCUT2D eigenvalue weighted by atomic mass is 9.75. The van der Waals surface area contributed by atoms with E-state index in [2.05, 4.69) is 6.07 Å². The van der Waals surface area contributed by atoms with E-state index in [-0.39, 0.29) is 6.09 Å². The van der Waals surface area contributed by atoms with E-state index in [0.29, 0.717) is 13.1 Å². The number of carbonyl (C=O) groups is 1. The van der Waals surface area contributed by atoms with E-state index in [1.54, 1.807) is 4.90 Å². The molecule has 6 heteroatoms. The van der Waals surface area contributed by atoms with Gasteiger partial charge in [0.2, 0.25) is 0 Å². The Bertz CT molecular complexity index is 678. The van der Waals surface area contributed by atoms with E-state index in [1.807, 2.05) is 74.4 Å². The van der Waals surface area contributed by atoms with Crippen molar-refractivity contribution in [1.29, 1.82) is 0 Å². The summed E-state index contributed by atoms with van der Waals surface area (Å²) in [7, 11) is -0.456. The van der Waals surface area contributed by atoms with Crippen LogP contribution in [-0.2, 0) is 20.6 Å². The molecule has 150 valence electrons. The number of ether oxygens (including phenoxy) is 1. The van der Waals surface area contributed by atoms with Gasteiger partial charge in [0.15, 0.2) is 0 Å². The van der Waals surface area contributed by atoms with Gasteiger partial charge >= 0.3 is 13.2 Å². The highest BCUT2D eigenvalue weighted by atomic mass is 16.7. The molecule has 1 amide bonds. The highest BCUT2D eigenvalue weighted by molar-refractivity contribution is 6.62. The molecule has 0 radical (unpaired) electrons. The van der Waals surface area contributed by atoms with Crippen LogP contribution < -0.4 is 5.46 Å². The summed E-state index contributed by atoms with van der Waals surface area (Å²) in [5.74, 6) is 0. The van der Waals surface area contributed by atoms with Crippen LogP contribution in [0.25, 0.3) is 0 Å². The van der Waals surface area contributed by atoms with Gasteiger partial charge in [-0.1, -0.05) is 23.8 Å². The molecule has 1 aliphatic heterocycles. The van der Waals surface area contributed by atoms with Crippen LogP contribution >= 0.6 is 0 Å². The number of hydrogen-bond acceptors (Lipinski definition) is 4. The summed E-state index contributed by atoms with van der Waals surface area (Å²) in [5, 5.41) is 0. The van der Waals surface area contributed by atoms with Crippen molar-refractivity contribution in [2.75, 3.05) is 6.54 Å². The van der Waals surface area contributed by atoms with Gasteiger partial charge in [0.1, 0.15) is 5.60 Å². The third kappa shape index (κ3) is 5.05. The molecule has 1 aromatic rings. The summed E-state index contributed by atoms with van der Waals surface area (Å²) < 4.78 is 18.0. The largest absolute Gasteiger partial charge is 0.495 e. The van der Waals surface area contributed by atoms with E-state index < -0.39 is 23.9 Å². The predicted octanol–water partition coefficient (Wildman–Crippen LogP) is 4.05. The predicted molar refractivity (Wildman–Crippen MR) is 109 cm³/mol. The zero-order chi connectivity index (χ0) is 20.6. The van der Waals surface area contributed by atoms with Crippen LogP contribution in [0.5, 0.6) is 0 Å². The zero-order valence-electron chi connectivity index (χ0n) is 18.3. The molecule has 0 unspecified atom stereocenters. The van der Waals surface area contributed by atoms with Gasteiger partial charge in [0.25, 0.3) is 0 Å². The fourth-order valence-corrected chi connectivity index (χ4v) is 2.91. The van der Waals surface area contributed by atoms with Crippen LogP contribution in [0.1, 0.15) is 66.5 Å². The van der Waals surface area contributed by atoms with Crippen LogP contribution in [0.2, 0.25) is 0 Å². The number of hydrogen-bond donors (Lipinski definition) is 0. The summed E-state index contributed by atoms with van der Waals surface area (Å²) in [6.45, 7) is 18.8. The molecule has 0 aliphatic carbocycles. The molecule has 0 N–H and O–H groups in total. The molecule has 0 aromatic heterocycles. The molecule has 0 saturated carbocycles. The number of rotatable bonds is 4. The minimum absolute atomic E-state index is 0.314. The summed E-state index contributed by atoms with van der Waals surface area (Å²) >= 11 is 0. The first-order valence-electron chi connectivity index (χ1n) is 9.69. The van der Waals surface area contributed by atoms with Crippen molar-refractivity contribution in [3.05, 3.63) is 29.3 Å². The minimum atomic E-state index is -0.522. The molecule has 0 bridgehead atoms. The summed E-state index contributed by atoms with van der Waals surface area (Å²) in [4.78, 5) is 14.3. The fraction of sp³-hybridized carbons (Fsp3) is 0.667. The molecular weight excluding hydrogens is 341 g/mol. The zero-order valence-corrected chi connectivity index (χ0v) is 18.3. The number of carbonyl (C=O) groups excluding carboxylic acids is 1. The maximum Gasteiger partial charge on any atom is 0.495 e. The third-order valence-electron chi connectivity index (χ3n) is 5.20. The van der Waals surface area contributed by atoms with E-state index in [9.17, 15) is 4.79 Å². The molecule has 1 saturated heterocycles. The first-order valence-corrected chi connectivity index (χ1v) is 9.69. The lowest BCUT2D eigenvalue weighted by molar-refractivity contribution is 0.00578. The molecule has 1 heterocycles. The Morgan fingerprint density at radius 2 is 1.70 bits per heavy atom. The van der Waals surface area contributed by atoms with Gasteiger partial charge in [-0.15, -0.1) is 0 Å². The first-order chi connectivity index (χ1) is 12.3. The van der Waals surface area contributed by atoms with E-state index in [4.69, 9.17) is 14.0 Å². The first kappa shape index (κ1) is 21.8. The van der Waals surface area contributed by atoms with Crippen molar-refractivity contribution in [2.24, 2.45) is 0 Å². The molecule has 1 aliphatic rings. The molecule has 1 fully saturated rings. The van der Waals surface area contributed by atoms with Gasteiger partial charge in [-0.05, 0) is 73.3 Å². The SMILES string of the molecule is CCN(Cc1cc(C)ccc1B1OC(C)(C)C(C)(C)O1)C(=O)OC(C)(C)C. The lowest BCUT2D eigenvalue weighted by Gasteiger charge is -2.32. The normalized spacial score (nSPS) is 18.5. The molecule has 5 nitrogen and oxygen atoms in total. The average molecular weight is 375 g/mol. The van der Waals surface area contributed by atoms with E-state index in [1.165, 1.54) is 0 Å². The van der Waals surface area contributed by atoms with Crippen molar-refractivity contribution >= 4 is 18.7 Å². The second kappa shape index (κ2) is 7.48. The van der Waals surface area contributed by atoms with Crippen LogP contribution in [0.15, 0.2) is 18.2 Å². The topological polar surface area (TPSA) is 48.0 Å². The highest BCUT2D eigenvalue weighted by Crippen LogP contribution is 2.36. The maximum atomic E-state index is 12.6. The minimum Gasteiger partial charge on any atom is -0.444 e. The smallest absolute Gasteiger partial charge is 0.444 e.